The fraction of sp³-hybridized carbons (Fsp3) is 0.429. The Bertz CT molecular complexity index is 430. The quantitative estimate of drug-likeness (QED) is 0.674. The smallest absolute Gasteiger partial charge is 0.129 e. The van der Waals surface area contributed by atoms with Crippen LogP contribution in [-0.2, 0) is 22.7 Å². The van der Waals surface area contributed by atoms with Crippen LogP contribution in [0.25, 0.3) is 0 Å². The number of hydrogen-bond donors (Lipinski definition) is 0. The van der Waals surface area contributed by atoms with Crippen LogP contribution in [0.5, 0.6) is 0 Å². The summed E-state index contributed by atoms with van der Waals surface area (Å²) in [5.74, 6) is 2.63. The minimum atomic E-state index is 0.518. The van der Waals surface area contributed by atoms with Gasteiger partial charge in [0.05, 0.1) is 6.26 Å². The third-order valence-electron chi connectivity index (χ3n) is 2.44. The summed E-state index contributed by atoms with van der Waals surface area (Å²) in [4.78, 5) is 0. The van der Waals surface area contributed by atoms with Gasteiger partial charge in [-0.3, -0.25) is 0 Å². The average molecular weight is 250 g/mol. The molecule has 0 unspecified atom stereocenters. The molecule has 0 amide bonds. The van der Waals surface area contributed by atoms with Gasteiger partial charge in [0.25, 0.3) is 0 Å². The highest BCUT2D eigenvalue weighted by Gasteiger charge is 1.99. The third-order valence-corrected chi connectivity index (χ3v) is 2.44. The molecule has 0 spiro atoms. The van der Waals surface area contributed by atoms with Crippen molar-refractivity contribution in [2.45, 2.75) is 26.6 Å². The second kappa shape index (κ2) is 7.03. The van der Waals surface area contributed by atoms with Gasteiger partial charge >= 0.3 is 0 Å². The maximum absolute atomic E-state index is 5.47. The maximum Gasteiger partial charge on any atom is 0.129 e. The minimum Gasteiger partial charge on any atom is -0.467 e. The first-order valence-electron chi connectivity index (χ1n) is 6.08. The second-order valence-electron chi connectivity index (χ2n) is 4.05. The highest BCUT2D eigenvalue weighted by molar-refractivity contribution is 5.04. The molecule has 0 bridgehead atoms. The Hall–Kier alpha value is -1.52. The van der Waals surface area contributed by atoms with E-state index < -0.39 is 0 Å². The van der Waals surface area contributed by atoms with Crippen molar-refractivity contribution in [1.82, 2.24) is 0 Å². The zero-order valence-electron chi connectivity index (χ0n) is 10.6. The van der Waals surface area contributed by atoms with Crippen LogP contribution in [0.3, 0.4) is 0 Å². The molecule has 0 aliphatic rings. The Morgan fingerprint density at radius 3 is 2.39 bits per heavy atom. The lowest BCUT2D eigenvalue weighted by atomic mass is 10.4. The lowest BCUT2D eigenvalue weighted by Gasteiger charge is -2.03. The van der Waals surface area contributed by atoms with E-state index in [4.69, 9.17) is 18.3 Å². The van der Waals surface area contributed by atoms with Crippen molar-refractivity contribution in [3.8, 4) is 0 Å². The lowest BCUT2D eigenvalue weighted by molar-refractivity contribution is 0.0579. The van der Waals surface area contributed by atoms with Gasteiger partial charge in [-0.1, -0.05) is 0 Å². The minimum absolute atomic E-state index is 0.518. The molecule has 0 atom stereocenters. The van der Waals surface area contributed by atoms with E-state index in [1.165, 1.54) is 0 Å². The summed E-state index contributed by atoms with van der Waals surface area (Å²) in [6, 6.07) is 7.62. The van der Waals surface area contributed by atoms with Crippen molar-refractivity contribution < 1.29 is 18.3 Å². The van der Waals surface area contributed by atoms with E-state index in [1.807, 2.05) is 31.2 Å². The molecule has 4 nitrogen and oxygen atoms in total. The number of hydrogen-bond acceptors (Lipinski definition) is 4. The van der Waals surface area contributed by atoms with E-state index in [-0.39, 0.29) is 0 Å². The molecule has 0 aliphatic heterocycles. The van der Waals surface area contributed by atoms with Crippen LogP contribution >= 0.6 is 0 Å². The Morgan fingerprint density at radius 1 is 1.00 bits per heavy atom. The highest BCUT2D eigenvalue weighted by atomic mass is 16.5. The van der Waals surface area contributed by atoms with E-state index in [9.17, 15) is 0 Å². The second-order valence-corrected chi connectivity index (χ2v) is 4.05. The topological polar surface area (TPSA) is 44.7 Å². The van der Waals surface area contributed by atoms with Gasteiger partial charge in [-0.25, -0.2) is 0 Å². The highest BCUT2D eigenvalue weighted by Crippen LogP contribution is 2.07. The molecule has 4 heteroatoms. The Balaban J connectivity index is 1.46. The maximum atomic E-state index is 5.47. The van der Waals surface area contributed by atoms with E-state index >= 15 is 0 Å². The van der Waals surface area contributed by atoms with Crippen LogP contribution in [0.15, 0.2) is 39.4 Å². The summed E-state index contributed by atoms with van der Waals surface area (Å²) >= 11 is 0. The first kappa shape index (κ1) is 12.9. The van der Waals surface area contributed by atoms with Crippen molar-refractivity contribution in [2.75, 3.05) is 13.2 Å². The van der Waals surface area contributed by atoms with Gasteiger partial charge in [0.2, 0.25) is 0 Å². The third kappa shape index (κ3) is 4.39. The van der Waals surface area contributed by atoms with Crippen molar-refractivity contribution >= 4 is 0 Å². The Labute approximate surface area is 106 Å². The largest absolute Gasteiger partial charge is 0.467 e. The number of ether oxygens (including phenoxy) is 2. The molecule has 98 valence electrons. The lowest BCUT2D eigenvalue weighted by Crippen LogP contribution is -2.00. The van der Waals surface area contributed by atoms with Crippen molar-refractivity contribution in [2.24, 2.45) is 0 Å². The Morgan fingerprint density at radius 2 is 1.78 bits per heavy atom. The molecule has 2 aromatic rings. The van der Waals surface area contributed by atoms with Crippen molar-refractivity contribution in [1.29, 1.82) is 0 Å². The normalized spacial score (nSPS) is 10.9. The molecule has 0 fully saturated rings. The summed E-state index contributed by atoms with van der Waals surface area (Å²) in [6.45, 7) is 4.29. The summed E-state index contributed by atoms with van der Waals surface area (Å²) in [7, 11) is 0. The molecular weight excluding hydrogens is 232 g/mol. The van der Waals surface area contributed by atoms with Gasteiger partial charge < -0.3 is 18.3 Å². The van der Waals surface area contributed by atoms with Gasteiger partial charge in [-0.2, -0.15) is 0 Å². The van der Waals surface area contributed by atoms with Crippen LogP contribution in [-0.4, -0.2) is 13.2 Å². The fourth-order valence-electron chi connectivity index (χ4n) is 1.57. The van der Waals surface area contributed by atoms with Crippen LogP contribution in [0.2, 0.25) is 0 Å². The van der Waals surface area contributed by atoms with E-state index in [2.05, 4.69) is 0 Å². The summed E-state index contributed by atoms with van der Waals surface area (Å²) in [5, 5.41) is 0. The van der Waals surface area contributed by atoms with E-state index in [1.54, 1.807) is 6.26 Å². The molecule has 0 aliphatic carbocycles. The molecule has 2 rings (SSSR count). The molecule has 18 heavy (non-hydrogen) atoms. The molecule has 0 saturated carbocycles. The molecule has 0 aromatic carbocycles. The van der Waals surface area contributed by atoms with Crippen LogP contribution < -0.4 is 0 Å². The molecule has 0 saturated heterocycles. The van der Waals surface area contributed by atoms with E-state index in [0.717, 1.165) is 23.7 Å². The average Bonchev–Trinajstić information content (AvgIpc) is 3.00. The number of aryl methyl sites for hydroxylation is 1. The molecule has 0 radical (unpaired) electrons. The monoisotopic (exact) mass is 250 g/mol. The van der Waals surface area contributed by atoms with Gasteiger partial charge in [0, 0.05) is 13.2 Å². The zero-order chi connectivity index (χ0) is 12.6. The molecular formula is C14H18O4. The predicted molar refractivity (Wildman–Crippen MR) is 66.1 cm³/mol. The Kier molecular flexibility index (Phi) is 5.05. The molecule has 0 N–H and O–H groups in total. The molecule has 2 heterocycles. The van der Waals surface area contributed by atoms with Gasteiger partial charge in [0.1, 0.15) is 30.5 Å². The van der Waals surface area contributed by atoms with Crippen molar-refractivity contribution in [3.63, 3.8) is 0 Å². The first-order valence-corrected chi connectivity index (χ1v) is 6.08. The van der Waals surface area contributed by atoms with Crippen molar-refractivity contribution in [3.05, 3.63) is 47.8 Å². The summed E-state index contributed by atoms with van der Waals surface area (Å²) in [6.07, 6.45) is 2.51. The van der Waals surface area contributed by atoms with Crippen LogP contribution in [0.1, 0.15) is 23.7 Å². The molecule has 2 aromatic heterocycles. The van der Waals surface area contributed by atoms with Crippen LogP contribution in [0.4, 0.5) is 0 Å². The predicted octanol–water partition coefficient (Wildman–Crippen LogP) is 3.30. The summed E-state index contributed by atoms with van der Waals surface area (Å²) < 4.78 is 21.5. The first-order chi connectivity index (χ1) is 8.84. The number of rotatable bonds is 8. The number of furan rings is 2. The van der Waals surface area contributed by atoms with Crippen LogP contribution in [0, 0.1) is 6.92 Å². The fourth-order valence-corrected chi connectivity index (χ4v) is 1.57. The van der Waals surface area contributed by atoms with Gasteiger partial charge in [0.15, 0.2) is 0 Å². The van der Waals surface area contributed by atoms with Gasteiger partial charge in [-0.15, -0.1) is 0 Å². The SMILES string of the molecule is Cc1ccc(COCCCOCc2ccco2)o1. The zero-order valence-corrected chi connectivity index (χ0v) is 10.6. The standard InChI is InChI=1S/C14H18O4/c1-12-5-6-14(18-12)11-16-8-3-7-15-10-13-4-2-9-17-13/h2,4-6,9H,3,7-8,10-11H2,1H3. The van der Waals surface area contributed by atoms with Gasteiger partial charge in [-0.05, 0) is 37.6 Å². The van der Waals surface area contributed by atoms with E-state index in [0.29, 0.717) is 26.4 Å². The summed E-state index contributed by atoms with van der Waals surface area (Å²) in [5.41, 5.74) is 0.